The van der Waals surface area contributed by atoms with Gasteiger partial charge in [0, 0.05) is 37.4 Å². The van der Waals surface area contributed by atoms with Gasteiger partial charge in [-0.3, -0.25) is 4.68 Å². The van der Waals surface area contributed by atoms with Crippen molar-refractivity contribution in [2.45, 2.75) is 32.2 Å². The van der Waals surface area contributed by atoms with Gasteiger partial charge in [-0.15, -0.1) is 0 Å². The summed E-state index contributed by atoms with van der Waals surface area (Å²) in [5, 5.41) is 4.58. The van der Waals surface area contributed by atoms with E-state index in [1.807, 2.05) is 6.92 Å². The normalized spacial score (nSPS) is 22.1. The largest absolute Gasteiger partial charge is 0.381 e. The minimum atomic E-state index is 0.426. The van der Waals surface area contributed by atoms with Gasteiger partial charge in [0.1, 0.15) is 12.1 Å². The number of hydrogen-bond donors (Lipinski definition) is 0. The van der Waals surface area contributed by atoms with Crippen LogP contribution in [0.5, 0.6) is 0 Å². The lowest BCUT2D eigenvalue weighted by Crippen LogP contribution is -2.48. The molecule has 2 aliphatic rings. The number of rotatable bonds is 3. The maximum absolute atomic E-state index is 5.46. The zero-order valence-corrected chi connectivity index (χ0v) is 13.1. The number of aryl methyl sites for hydroxylation is 2. The van der Waals surface area contributed by atoms with E-state index in [1.54, 1.807) is 6.33 Å². The molecule has 0 spiro atoms. The van der Waals surface area contributed by atoms with E-state index < -0.39 is 0 Å². The second-order valence-corrected chi connectivity index (χ2v) is 6.29. The second-order valence-electron chi connectivity index (χ2n) is 6.29. The van der Waals surface area contributed by atoms with Crippen LogP contribution >= 0.6 is 0 Å². The van der Waals surface area contributed by atoms with Gasteiger partial charge in [-0.25, -0.2) is 9.97 Å². The van der Waals surface area contributed by atoms with E-state index in [1.165, 1.54) is 5.69 Å². The molecule has 2 aromatic heterocycles. The molecule has 0 radical (unpaired) electrons. The Kier molecular flexibility index (Phi) is 3.33. The Hall–Kier alpha value is -1.95. The van der Waals surface area contributed by atoms with E-state index in [-0.39, 0.29) is 0 Å². The molecular formula is C16H21N5O. The number of anilines is 1. The molecule has 2 fully saturated rings. The smallest absolute Gasteiger partial charge is 0.132 e. The number of nitrogens with zero attached hydrogens (tertiary/aromatic N) is 5. The fourth-order valence-corrected chi connectivity index (χ4v) is 3.34. The fourth-order valence-electron chi connectivity index (χ4n) is 3.34. The molecule has 4 heterocycles. The molecule has 0 saturated carbocycles. The molecule has 2 aromatic rings. The van der Waals surface area contributed by atoms with Gasteiger partial charge in [-0.2, -0.15) is 5.10 Å². The van der Waals surface area contributed by atoms with Crippen molar-refractivity contribution in [1.82, 2.24) is 19.7 Å². The third-order valence-corrected chi connectivity index (χ3v) is 4.60. The molecule has 0 aromatic carbocycles. The number of aromatic nitrogens is 4. The van der Waals surface area contributed by atoms with Crippen LogP contribution in [0.25, 0.3) is 0 Å². The highest BCUT2D eigenvalue weighted by atomic mass is 16.5. The topological polar surface area (TPSA) is 56.1 Å². The van der Waals surface area contributed by atoms with Crippen molar-refractivity contribution < 1.29 is 4.74 Å². The summed E-state index contributed by atoms with van der Waals surface area (Å²) in [5.74, 6) is 1.45. The van der Waals surface area contributed by atoms with Gasteiger partial charge < -0.3 is 9.64 Å². The lowest BCUT2D eigenvalue weighted by Gasteiger charge is -2.40. The Bertz CT molecular complexity index is 671. The lowest BCUT2D eigenvalue weighted by atomic mass is 10.0. The van der Waals surface area contributed by atoms with Gasteiger partial charge in [0.25, 0.3) is 0 Å². The van der Waals surface area contributed by atoms with E-state index >= 15 is 0 Å². The molecule has 1 atom stereocenters. The first-order valence-electron chi connectivity index (χ1n) is 7.88. The zero-order valence-electron chi connectivity index (χ0n) is 13.1. The third kappa shape index (κ3) is 2.37. The Morgan fingerprint density at radius 1 is 1.18 bits per heavy atom. The maximum Gasteiger partial charge on any atom is 0.132 e. The zero-order chi connectivity index (χ0) is 15.1. The SMILES string of the molecule is Cc1cc(C)n(C2CN(c3cc([C@H]4CCOC4)ncn3)C2)n1. The van der Waals surface area contributed by atoms with Gasteiger partial charge >= 0.3 is 0 Å². The van der Waals surface area contributed by atoms with Crippen LogP contribution in [0.3, 0.4) is 0 Å². The van der Waals surface area contributed by atoms with Crippen LogP contribution in [-0.2, 0) is 4.74 Å². The molecule has 6 nitrogen and oxygen atoms in total. The van der Waals surface area contributed by atoms with E-state index in [0.717, 1.165) is 49.9 Å². The molecule has 2 saturated heterocycles. The monoisotopic (exact) mass is 299 g/mol. The van der Waals surface area contributed by atoms with Crippen LogP contribution in [-0.4, -0.2) is 46.1 Å². The maximum atomic E-state index is 5.46. The summed E-state index contributed by atoms with van der Waals surface area (Å²) in [7, 11) is 0. The molecule has 2 aliphatic heterocycles. The summed E-state index contributed by atoms with van der Waals surface area (Å²) in [5.41, 5.74) is 3.42. The van der Waals surface area contributed by atoms with Crippen molar-refractivity contribution in [3.05, 3.63) is 35.5 Å². The predicted molar refractivity (Wildman–Crippen MR) is 83.2 cm³/mol. The summed E-state index contributed by atoms with van der Waals surface area (Å²) in [6.07, 6.45) is 2.74. The average Bonchev–Trinajstić information content (AvgIpc) is 3.08. The van der Waals surface area contributed by atoms with Crippen molar-refractivity contribution in [3.63, 3.8) is 0 Å². The molecule has 0 unspecified atom stereocenters. The Labute approximate surface area is 130 Å². The van der Waals surface area contributed by atoms with Crippen LogP contribution < -0.4 is 4.90 Å². The highest BCUT2D eigenvalue weighted by Crippen LogP contribution is 2.30. The summed E-state index contributed by atoms with van der Waals surface area (Å²) < 4.78 is 7.59. The molecule has 6 heteroatoms. The van der Waals surface area contributed by atoms with E-state index in [2.05, 4.69) is 43.7 Å². The minimum Gasteiger partial charge on any atom is -0.381 e. The van der Waals surface area contributed by atoms with Gasteiger partial charge in [-0.05, 0) is 26.3 Å². The van der Waals surface area contributed by atoms with Crippen LogP contribution in [0.4, 0.5) is 5.82 Å². The molecular weight excluding hydrogens is 278 g/mol. The molecule has 4 rings (SSSR count). The third-order valence-electron chi connectivity index (χ3n) is 4.60. The first-order chi connectivity index (χ1) is 10.7. The van der Waals surface area contributed by atoms with E-state index in [9.17, 15) is 0 Å². The summed E-state index contributed by atoms with van der Waals surface area (Å²) in [6, 6.07) is 4.70. The summed E-state index contributed by atoms with van der Waals surface area (Å²) >= 11 is 0. The minimum absolute atomic E-state index is 0.426. The highest BCUT2D eigenvalue weighted by Gasteiger charge is 2.31. The second kappa shape index (κ2) is 5.35. The fraction of sp³-hybridized carbons (Fsp3) is 0.562. The first kappa shape index (κ1) is 13.7. The molecule has 0 bridgehead atoms. The van der Waals surface area contributed by atoms with Crippen LogP contribution in [0.1, 0.15) is 35.5 Å². The first-order valence-corrected chi connectivity index (χ1v) is 7.88. The molecule has 22 heavy (non-hydrogen) atoms. The average molecular weight is 299 g/mol. The standard InChI is InChI=1S/C16H21N5O/c1-11-5-12(2)21(19-11)14-7-20(8-14)16-6-15(17-10-18-16)13-3-4-22-9-13/h5-6,10,13-14H,3-4,7-9H2,1-2H3/t13-/m0/s1. The van der Waals surface area contributed by atoms with Crippen molar-refractivity contribution in [1.29, 1.82) is 0 Å². The van der Waals surface area contributed by atoms with Crippen LogP contribution in [0.15, 0.2) is 18.5 Å². The van der Waals surface area contributed by atoms with Gasteiger partial charge in [-0.1, -0.05) is 0 Å². The lowest BCUT2D eigenvalue weighted by molar-refractivity contribution is 0.193. The molecule has 116 valence electrons. The molecule has 0 N–H and O–H groups in total. The van der Waals surface area contributed by atoms with Gasteiger partial charge in [0.15, 0.2) is 0 Å². The molecule has 0 amide bonds. The quantitative estimate of drug-likeness (QED) is 0.866. The summed E-state index contributed by atoms with van der Waals surface area (Å²) in [4.78, 5) is 11.1. The van der Waals surface area contributed by atoms with Gasteiger partial charge in [0.05, 0.1) is 24.0 Å². The number of hydrogen-bond acceptors (Lipinski definition) is 5. The van der Waals surface area contributed by atoms with Crippen LogP contribution in [0, 0.1) is 13.8 Å². The Balaban J connectivity index is 1.46. The van der Waals surface area contributed by atoms with Gasteiger partial charge in [0.2, 0.25) is 0 Å². The predicted octanol–water partition coefficient (Wildman–Crippen LogP) is 1.86. The summed E-state index contributed by atoms with van der Waals surface area (Å²) in [6.45, 7) is 7.70. The Morgan fingerprint density at radius 2 is 2.05 bits per heavy atom. The highest BCUT2D eigenvalue weighted by molar-refractivity contribution is 5.43. The van der Waals surface area contributed by atoms with Crippen molar-refractivity contribution in [3.8, 4) is 0 Å². The Morgan fingerprint density at radius 3 is 2.73 bits per heavy atom. The van der Waals surface area contributed by atoms with Crippen molar-refractivity contribution in [2.75, 3.05) is 31.2 Å². The van der Waals surface area contributed by atoms with Crippen molar-refractivity contribution in [2.24, 2.45) is 0 Å². The van der Waals surface area contributed by atoms with E-state index in [4.69, 9.17) is 4.74 Å². The van der Waals surface area contributed by atoms with Crippen molar-refractivity contribution >= 4 is 5.82 Å². The van der Waals surface area contributed by atoms with E-state index in [0.29, 0.717) is 12.0 Å². The number of ether oxygens (including phenoxy) is 1. The molecule has 0 aliphatic carbocycles. The van der Waals surface area contributed by atoms with Crippen LogP contribution in [0.2, 0.25) is 0 Å².